The molecule has 0 aliphatic heterocycles. The molecular weight excluding hydrogens is 234 g/mol. The van der Waals surface area contributed by atoms with Crippen LogP contribution in [0.25, 0.3) is 0 Å². The third-order valence-corrected chi connectivity index (χ3v) is 3.50. The Balaban J connectivity index is 2.29. The van der Waals surface area contributed by atoms with Crippen molar-refractivity contribution in [3.05, 3.63) is 58.7 Å². The zero-order chi connectivity index (χ0) is 14.0. The summed E-state index contributed by atoms with van der Waals surface area (Å²) in [6, 6.07) is 12.2. The first-order valence-electron chi connectivity index (χ1n) is 6.59. The van der Waals surface area contributed by atoms with Crippen LogP contribution in [-0.4, -0.2) is 0 Å². The van der Waals surface area contributed by atoms with Gasteiger partial charge in [-0.1, -0.05) is 24.3 Å². The van der Waals surface area contributed by atoms with Crippen LogP contribution in [0.15, 0.2) is 36.4 Å². The molecule has 0 aliphatic carbocycles. The van der Waals surface area contributed by atoms with E-state index in [0.29, 0.717) is 0 Å². The predicted octanol–water partition coefficient (Wildman–Crippen LogP) is 4.42. The third kappa shape index (κ3) is 2.96. The van der Waals surface area contributed by atoms with Crippen molar-refractivity contribution in [2.24, 2.45) is 5.73 Å². The predicted molar refractivity (Wildman–Crippen MR) is 79.8 cm³/mol. The maximum atomic E-state index is 6.01. The van der Waals surface area contributed by atoms with Crippen LogP contribution in [-0.2, 0) is 0 Å². The fourth-order valence-corrected chi connectivity index (χ4v) is 2.04. The van der Waals surface area contributed by atoms with E-state index in [1.165, 1.54) is 11.1 Å². The molecule has 2 aromatic carbocycles. The van der Waals surface area contributed by atoms with Gasteiger partial charge in [-0.2, -0.15) is 0 Å². The van der Waals surface area contributed by atoms with Crippen LogP contribution in [0.3, 0.4) is 0 Å². The monoisotopic (exact) mass is 255 g/mol. The van der Waals surface area contributed by atoms with E-state index in [1.54, 1.807) is 0 Å². The normalized spacial score (nSPS) is 12.3. The molecular formula is C17H21NO. The SMILES string of the molecule is Cc1ccc(C)c(Oc2ccc([C@@H](C)N)cc2)c1C. The number of hydrogen-bond donors (Lipinski definition) is 1. The molecule has 0 radical (unpaired) electrons. The Morgan fingerprint density at radius 3 is 2.05 bits per heavy atom. The molecule has 0 fully saturated rings. The lowest BCUT2D eigenvalue weighted by Crippen LogP contribution is -2.04. The van der Waals surface area contributed by atoms with E-state index in [1.807, 2.05) is 31.2 Å². The molecule has 0 unspecified atom stereocenters. The average Bonchev–Trinajstić information content (AvgIpc) is 2.40. The summed E-state index contributed by atoms with van der Waals surface area (Å²) >= 11 is 0. The number of hydrogen-bond acceptors (Lipinski definition) is 2. The van der Waals surface area contributed by atoms with Gasteiger partial charge in [-0.25, -0.2) is 0 Å². The van der Waals surface area contributed by atoms with Crippen molar-refractivity contribution in [1.29, 1.82) is 0 Å². The van der Waals surface area contributed by atoms with Gasteiger partial charge >= 0.3 is 0 Å². The van der Waals surface area contributed by atoms with Gasteiger partial charge in [-0.3, -0.25) is 0 Å². The van der Waals surface area contributed by atoms with Crippen LogP contribution in [0.5, 0.6) is 11.5 Å². The first-order valence-corrected chi connectivity index (χ1v) is 6.59. The lowest BCUT2D eigenvalue weighted by molar-refractivity contribution is 0.474. The molecule has 0 aromatic heterocycles. The lowest BCUT2D eigenvalue weighted by Gasteiger charge is -2.14. The van der Waals surface area contributed by atoms with Gasteiger partial charge in [0.05, 0.1) is 0 Å². The van der Waals surface area contributed by atoms with Gasteiger partial charge in [-0.15, -0.1) is 0 Å². The summed E-state index contributed by atoms with van der Waals surface area (Å²) in [5, 5.41) is 0. The van der Waals surface area contributed by atoms with Crippen LogP contribution < -0.4 is 10.5 Å². The van der Waals surface area contributed by atoms with Crippen molar-refractivity contribution in [2.45, 2.75) is 33.7 Å². The molecule has 2 heteroatoms. The van der Waals surface area contributed by atoms with Crippen molar-refractivity contribution in [2.75, 3.05) is 0 Å². The van der Waals surface area contributed by atoms with Crippen LogP contribution in [0.4, 0.5) is 0 Å². The van der Waals surface area contributed by atoms with E-state index in [-0.39, 0.29) is 6.04 Å². The molecule has 0 amide bonds. The first-order chi connectivity index (χ1) is 8.99. The zero-order valence-electron chi connectivity index (χ0n) is 12.0. The van der Waals surface area contributed by atoms with Crippen molar-refractivity contribution >= 4 is 0 Å². The number of ether oxygens (including phenoxy) is 1. The highest BCUT2D eigenvalue weighted by atomic mass is 16.5. The Hall–Kier alpha value is -1.80. The second-order valence-electron chi connectivity index (χ2n) is 5.11. The zero-order valence-corrected chi connectivity index (χ0v) is 12.0. The quantitative estimate of drug-likeness (QED) is 0.881. The van der Waals surface area contributed by atoms with Gasteiger partial charge in [0.25, 0.3) is 0 Å². The smallest absolute Gasteiger partial charge is 0.133 e. The van der Waals surface area contributed by atoms with E-state index in [9.17, 15) is 0 Å². The minimum Gasteiger partial charge on any atom is -0.457 e. The molecule has 2 aromatic rings. The third-order valence-electron chi connectivity index (χ3n) is 3.50. The van der Waals surface area contributed by atoms with Crippen LogP contribution in [0.1, 0.15) is 35.2 Å². The molecule has 0 bridgehead atoms. The topological polar surface area (TPSA) is 35.2 Å². The van der Waals surface area contributed by atoms with E-state index >= 15 is 0 Å². The van der Waals surface area contributed by atoms with Crippen molar-refractivity contribution in [3.8, 4) is 11.5 Å². The maximum Gasteiger partial charge on any atom is 0.133 e. The second-order valence-corrected chi connectivity index (χ2v) is 5.11. The summed E-state index contributed by atoms with van der Waals surface area (Å²) in [5.74, 6) is 1.80. The summed E-state index contributed by atoms with van der Waals surface area (Å²) in [5.41, 5.74) is 10.5. The van der Waals surface area contributed by atoms with Crippen LogP contribution >= 0.6 is 0 Å². The second kappa shape index (κ2) is 5.45. The fourth-order valence-electron chi connectivity index (χ4n) is 2.04. The number of benzene rings is 2. The molecule has 0 saturated carbocycles. The summed E-state index contributed by atoms with van der Waals surface area (Å²) in [6.07, 6.45) is 0. The Bertz CT molecular complexity index is 571. The maximum absolute atomic E-state index is 6.01. The number of aryl methyl sites for hydroxylation is 2. The Labute approximate surface area is 115 Å². The van der Waals surface area contributed by atoms with E-state index in [2.05, 4.69) is 32.9 Å². The summed E-state index contributed by atoms with van der Waals surface area (Å²) in [6.45, 7) is 8.23. The van der Waals surface area contributed by atoms with Gasteiger partial charge in [0.2, 0.25) is 0 Å². The van der Waals surface area contributed by atoms with E-state index in [0.717, 1.165) is 22.6 Å². The molecule has 1 atom stereocenters. The Morgan fingerprint density at radius 2 is 1.47 bits per heavy atom. The minimum atomic E-state index is 0.0523. The van der Waals surface area contributed by atoms with E-state index in [4.69, 9.17) is 10.5 Å². The molecule has 0 saturated heterocycles. The van der Waals surface area contributed by atoms with Gasteiger partial charge in [0, 0.05) is 6.04 Å². The highest BCUT2D eigenvalue weighted by molar-refractivity contribution is 5.47. The fraction of sp³-hybridized carbons (Fsp3) is 0.294. The standard InChI is InChI=1S/C17H21NO/c1-11-5-6-12(2)17(13(11)3)19-16-9-7-15(8-10-16)14(4)18/h5-10,14H,18H2,1-4H3/t14-/m1/s1. The summed E-state index contributed by atoms with van der Waals surface area (Å²) in [7, 11) is 0. The van der Waals surface area contributed by atoms with Crippen molar-refractivity contribution < 1.29 is 4.74 Å². The molecule has 0 spiro atoms. The molecule has 19 heavy (non-hydrogen) atoms. The van der Waals surface area contributed by atoms with Crippen LogP contribution in [0.2, 0.25) is 0 Å². The number of rotatable bonds is 3. The van der Waals surface area contributed by atoms with Gasteiger partial charge in [0.15, 0.2) is 0 Å². The molecule has 0 aliphatic rings. The average molecular weight is 255 g/mol. The molecule has 2 nitrogen and oxygen atoms in total. The Kier molecular flexibility index (Phi) is 3.91. The summed E-state index contributed by atoms with van der Waals surface area (Å²) in [4.78, 5) is 0. The molecule has 2 rings (SSSR count). The van der Waals surface area contributed by atoms with E-state index < -0.39 is 0 Å². The highest BCUT2D eigenvalue weighted by Crippen LogP contribution is 2.30. The Morgan fingerprint density at radius 1 is 0.895 bits per heavy atom. The molecule has 0 heterocycles. The van der Waals surface area contributed by atoms with Crippen molar-refractivity contribution in [3.63, 3.8) is 0 Å². The van der Waals surface area contributed by atoms with Crippen molar-refractivity contribution in [1.82, 2.24) is 0 Å². The molecule has 100 valence electrons. The van der Waals surface area contributed by atoms with Crippen LogP contribution in [0, 0.1) is 20.8 Å². The number of nitrogens with two attached hydrogens (primary N) is 1. The van der Waals surface area contributed by atoms with Gasteiger partial charge < -0.3 is 10.5 Å². The lowest BCUT2D eigenvalue weighted by atomic mass is 10.1. The largest absolute Gasteiger partial charge is 0.457 e. The first kappa shape index (κ1) is 13.6. The molecule has 2 N–H and O–H groups in total. The minimum absolute atomic E-state index is 0.0523. The highest BCUT2D eigenvalue weighted by Gasteiger charge is 2.08. The van der Waals surface area contributed by atoms with Gasteiger partial charge in [-0.05, 0) is 62.1 Å². The summed E-state index contributed by atoms with van der Waals surface area (Å²) < 4.78 is 6.01. The van der Waals surface area contributed by atoms with Gasteiger partial charge in [0.1, 0.15) is 11.5 Å².